The van der Waals surface area contributed by atoms with E-state index in [-0.39, 0.29) is 12.3 Å². The van der Waals surface area contributed by atoms with Crippen LogP contribution in [0.2, 0.25) is 0 Å². The van der Waals surface area contributed by atoms with Crippen molar-refractivity contribution in [1.29, 1.82) is 0 Å². The number of nitrogens with zero attached hydrogens (tertiary/aromatic N) is 2. The maximum absolute atomic E-state index is 10.4. The van der Waals surface area contributed by atoms with Gasteiger partial charge in [-0.3, -0.25) is 10.1 Å². The molecule has 0 bridgehead atoms. The summed E-state index contributed by atoms with van der Waals surface area (Å²) < 4.78 is 5.30. The summed E-state index contributed by atoms with van der Waals surface area (Å²) in [4.78, 5) is 11.8. The number of rotatable bonds is 6. The second-order valence-electron chi connectivity index (χ2n) is 3.98. The molecule has 0 heterocycles. The van der Waals surface area contributed by atoms with E-state index in [2.05, 4.69) is 0 Å². The number of nitro groups is 1. The van der Waals surface area contributed by atoms with Gasteiger partial charge in [-0.15, -0.1) is 0 Å². The van der Waals surface area contributed by atoms with E-state index < -0.39 is 11.0 Å². The lowest BCUT2D eigenvalue weighted by atomic mass is 10.3. The predicted molar refractivity (Wildman–Crippen MR) is 63.2 cm³/mol. The smallest absolute Gasteiger partial charge is 0.269 e. The number of aliphatic hydroxyl groups excluding tert-OH is 1. The number of hydrogen-bond donors (Lipinski definition) is 1. The average molecular weight is 240 g/mol. The molecule has 94 valence electrons. The third kappa shape index (κ3) is 4.80. The fourth-order valence-corrected chi connectivity index (χ4v) is 1.33. The predicted octanol–water partition coefficient (Wildman–Crippen LogP) is 0.896. The quantitative estimate of drug-likeness (QED) is 0.590. The van der Waals surface area contributed by atoms with Crippen molar-refractivity contribution in [2.45, 2.75) is 6.10 Å². The van der Waals surface area contributed by atoms with Crippen molar-refractivity contribution in [2.24, 2.45) is 0 Å². The Hall–Kier alpha value is -1.66. The second kappa shape index (κ2) is 6.17. The fourth-order valence-electron chi connectivity index (χ4n) is 1.33. The topological polar surface area (TPSA) is 75.8 Å². The van der Waals surface area contributed by atoms with Gasteiger partial charge in [0.2, 0.25) is 0 Å². The zero-order chi connectivity index (χ0) is 12.8. The second-order valence-corrected chi connectivity index (χ2v) is 3.98. The van der Waals surface area contributed by atoms with Gasteiger partial charge in [0.15, 0.2) is 0 Å². The number of nitro benzene ring substituents is 1. The van der Waals surface area contributed by atoms with Crippen LogP contribution >= 0.6 is 0 Å². The molecule has 0 spiro atoms. The van der Waals surface area contributed by atoms with Gasteiger partial charge in [-0.25, -0.2) is 0 Å². The summed E-state index contributed by atoms with van der Waals surface area (Å²) in [6.07, 6.45) is -0.583. The lowest BCUT2D eigenvalue weighted by Crippen LogP contribution is -2.30. The van der Waals surface area contributed by atoms with Gasteiger partial charge in [0, 0.05) is 18.7 Å². The maximum atomic E-state index is 10.4. The van der Waals surface area contributed by atoms with Crippen LogP contribution in [-0.2, 0) is 0 Å². The molecular weight excluding hydrogens is 224 g/mol. The molecule has 6 heteroatoms. The highest BCUT2D eigenvalue weighted by molar-refractivity contribution is 5.35. The average Bonchev–Trinajstić information content (AvgIpc) is 2.26. The van der Waals surface area contributed by atoms with E-state index in [1.807, 2.05) is 19.0 Å². The molecule has 17 heavy (non-hydrogen) atoms. The van der Waals surface area contributed by atoms with E-state index >= 15 is 0 Å². The highest BCUT2D eigenvalue weighted by Crippen LogP contribution is 2.17. The van der Waals surface area contributed by atoms with E-state index in [4.69, 9.17) is 4.74 Å². The van der Waals surface area contributed by atoms with Crippen LogP contribution in [0.25, 0.3) is 0 Å². The fraction of sp³-hybridized carbons (Fsp3) is 0.455. The van der Waals surface area contributed by atoms with Crippen molar-refractivity contribution in [3.63, 3.8) is 0 Å². The van der Waals surface area contributed by atoms with Gasteiger partial charge in [0.05, 0.1) is 4.92 Å². The standard InChI is InChI=1S/C11H16N2O4/c1-12(2)7-10(14)8-17-11-5-3-9(4-6-11)13(15)16/h3-6,10,14H,7-8H2,1-2H3. The van der Waals surface area contributed by atoms with Crippen molar-refractivity contribution in [2.75, 3.05) is 27.2 Å². The van der Waals surface area contributed by atoms with Crippen molar-refractivity contribution in [3.05, 3.63) is 34.4 Å². The summed E-state index contributed by atoms with van der Waals surface area (Å²) in [6.45, 7) is 0.670. The molecule has 0 radical (unpaired) electrons. The molecule has 6 nitrogen and oxygen atoms in total. The number of hydrogen-bond acceptors (Lipinski definition) is 5. The van der Waals surface area contributed by atoms with Gasteiger partial charge in [0.1, 0.15) is 18.5 Å². The number of non-ortho nitro benzene ring substituents is 1. The van der Waals surface area contributed by atoms with Crippen LogP contribution < -0.4 is 4.74 Å². The highest BCUT2D eigenvalue weighted by Gasteiger charge is 2.08. The first-order chi connectivity index (χ1) is 7.99. The molecule has 0 saturated heterocycles. The minimum Gasteiger partial charge on any atom is -0.491 e. The molecule has 1 atom stereocenters. The van der Waals surface area contributed by atoms with Crippen LogP contribution in [0, 0.1) is 10.1 Å². The van der Waals surface area contributed by atoms with Crippen LogP contribution in [0.5, 0.6) is 5.75 Å². The summed E-state index contributed by atoms with van der Waals surface area (Å²) in [5, 5.41) is 20.0. The number of likely N-dealkylation sites (N-methyl/N-ethyl adjacent to an activating group) is 1. The Morgan fingerprint density at radius 1 is 1.41 bits per heavy atom. The maximum Gasteiger partial charge on any atom is 0.269 e. The van der Waals surface area contributed by atoms with Crippen molar-refractivity contribution < 1.29 is 14.8 Å². The summed E-state index contributed by atoms with van der Waals surface area (Å²) in [7, 11) is 3.71. The first kappa shape index (κ1) is 13.4. The van der Waals surface area contributed by atoms with Crippen LogP contribution in [0.15, 0.2) is 24.3 Å². The van der Waals surface area contributed by atoms with Gasteiger partial charge in [-0.2, -0.15) is 0 Å². The van der Waals surface area contributed by atoms with Gasteiger partial charge < -0.3 is 14.7 Å². The van der Waals surface area contributed by atoms with Crippen LogP contribution in [0.4, 0.5) is 5.69 Å². The normalized spacial score (nSPS) is 12.5. The minimum absolute atomic E-state index is 0.0196. The van der Waals surface area contributed by atoms with E-state index in [9.17, 15) is 15.2 Å². The molecular formula is C11H16N2O4. The molecule has 1 aromatic carbocycles. The molecule has 0 aliphatic heterocycles. The number of benzene rings is 1. The molecule has 0 aliphatic rings. The van der Waals surface area contributed by atoms with Crippen molar-refractivity contribution >= 4 is 5.69 Å². The number of aliphatic hydroxyl groups is 1. The first-order valence-corrected chi connectivity index (χ1v) is 5.19. The summed E-state index contributed by atoms with van der Waals surface area (Å²) >= 11 is 0. The largest absolute Gasteiger partial charge is 0.491 e. The van der Waals surface area contributed by atoms with Crippen LogP contribution in [-0.4, -0.2) is 48.3 Å². The molecule has 0 aliphatic carbocycles. The van der Waals surface area contributed by atoms with Crippen molar-refractivity contribution in [1.82, 2.24) is 4.90 Å². The van der Waals surface area contributed by atoms with Gasteiger partial charge in [0.25, 0.3) is 5.69 Å². The summed E-state index contributed by atoms with van der Waals surface area (Å²) in [6, 6.07) is 5.77. The first-order valence-electron chi connectivity index (χ1n) is 5.19. The van der Waals surface area contributed by atoms with E-state index in [0.717, 1.165) is 0 Å². The molecule has 0 amide bonds. The van der Waals surface area contributed by atoms with Gasteiger partial charge in [-0.1, -0.05) is 0 Å². The zero-order valence-electron chi connectivity index (χ0n) is 9.87. The van der Waals surface area contributed by atoms with E-state index in [1.54, 1.807) is 0 Å². The molecule has 1 rings (SSSR count). The van der Waals surface area contributed by atoms with Crippen LogP contribution in [0.3, 0.4) is 0 Å². The summed E-state index contributed by atoms with van der Waals surface area (Å²) in [5.41, 5.74) is 0.0196. The third-order valence-corrected chi connectivity index (χ3v) is 2.07. The molecule has 0 saturated carbocycles. The Balaban J connectivity index is 2.44. The molecule has 0 aromatic heterocycles. The van der Waals surface area contributed by atoms with Crippen molar-refractivity contribution in [3.8, 4) is 5.75 Å². The third-order valence-electron chi connectivity index (χ3n) is 2.07. The Labute approximate surface area is 99.6 Å². The summed E-state index contributed by atoms with van der Waals surface area (Å²) in [5.74, 6) is 0.508. The molecule has 1 N–H and O–H groups in total. The Morgan fingerprint density at radius 3 is 2.47 bits per heavy atom. The van der Waals surface area contributed by atoms with Gasteiger partial charge in [-0.05, 0) is 26.2 Å². The zero-order valence-corrected chi connectivity index (χ0v) is 9.87. The molecule has 0 fully saturated rings. The lowest BCUT2D eigenvalue weighted by Gasteiger charge is -2.16. The molecule has 1 aromatic rings. The van der Waals surface area contributed by atoms with Crippen LogP contribution in [0.1, 0.15) is 0 Å². The Bertz CT molecular complexity index is 364. The van der Waals surface area contributed by atoms with Gasteiger partial charge >= 0.3 is 0 Å². The SMILES string of the molecule is CN(C)CC(O)COc1ccc([N+](=O)[O-])cc1. The lowest BCUT2D eigenvalue weighted by molar-refractivity contribution is -0.384. The van der Waals surface area contributed by atoms with E-state index in [0.29, 0.717) is 12.3 Å². The Morgan fingerprint density at radius 2 is 2.00 bits per heavy atom. The molecule has 1 unspecified atom stereocenters. The Kier molecular flexibility index (Phi) is 4.86. The number of ether oxygens (including phenoxy) is 1. The monoisotopic (exact) mass is 240 g/mol. The highest BCUT2D eigenvalue weighted by atomic mass is 16.6. The van der Waals surface area contributed by atoms with E-state index in [1.165, 1.54) is 24.3 Å². The minimum atomic E-state index is -0.583.